The molecule has 8 heteroatoms. The summed E-state index contributed by atoms with van der Waals surface area (Å²) in [5.41, 5.74) is 6.10. The van der Waals surface area contributed by atoms with Crippen LogP contribution in [0.3, 0.4) is 0 Å². The molecule has 1 aromatic heterocycles. The number of rotatable bonds is 5. The molecule has 0 unspecified atom stereocenters. The summed E-state index contributed by atoms with van der Waals surface area (Å²) in [6.07, 6.45) is 0.654. The van der Waals surface area contributed by atoms with Gasteiger partial charge in [0.25, 0.3) is 0 Å². The largest absolute Gasteiger partial charge is 0.398 e. The highest BCUT2D eigenvalue weighted by Gasteiger charge is 2.14. The maximum Gasteiger partial charge on any atom is 0.240 e. The van der Waals surface area contributed by atoms with Crippen LogP contribution < -0.4 is 10.5 Å². The third-order valence-corrected chi connectivity index (χ3v) is 6.43. The molecule has 1 heterocycles. The van der Waals surface area contributed by atoms with Crippen molar-refractivity contribution in [1.82, 2.24) is 4.72 Å². The molecule has 1 aromatic carbocycles. The summed E-state index contributed by atoms with van der Waals surface area (Å²) in [6.45, 7) is 0.352. The molecule has 20 heavy (non-hydrogen) atoms. The van der Waals surface area contributed by atoms with Gasteiger partial charge in [-0.1, -0.05) is 0 Å². The number of thiophene rings is 1. The van der Waals surface area contributed by atoms with Crippen LogP contribution in [0.15, 0.2) is 43.5 Å². The molecule has 0 aliphatic rings. The van der Waals surface area contributed by atoms with Crippen molar-refractivity contribution in [2.75, 3.05) is 12.3 Å². The normalized spacial score (nSPS) is 11.7. The lowest BCUT2D eigenvalue weighted by molar-refractivity contribution is 0.582. The zero-order chi connectivity index (χ0) is 14.8. The van der Waals surface area contributed by atoms with E-state index in [4.69, 9.17) is 5.73 Å². The minimum absolute atomic E-state index is 0.172. The van der Waals surface area contributed by atoms with E-state index in [-0.39, 0.29) is 4.90 Å². The highest BCUT2D eigenvalue weighted by atomic mass is 79.9. The fourth-order valence-electron chi connectivity index (χ4n) is 1.57. The van der Waals surface area contributed by atoms with Gasteiger partial charge in [-0.05, 0) is 68.6 Å². The first-order valence-electron chi connectivity index (χ1n) is 5.67. The van der Waals surface area contributed by atoms with E-state index in [0.717, 1.165) is 8.66 Å². The van der Waals surface area contributed by atoms with Crippen molar-refractivity contribution in [1.29, 1.82) is 0 Å². The van der Waals surface area contributed by atoms with Crippen LogP contribution in [0, 0.1) is 0 Å². The lowest BCUT2D eigenvalue weighted by Crippen LogP contribution is -2.25. The Bertz CT molecular complexity index is 714. The molecule has 108 valence electrons. The Morgan fingerprint density at radius 1 is 1.20 bits per heavy atom. The average Bonchev–Trinajstić information content (AvgIpc) is 2.78. The smallest absolute Gasteiger partial charge is 0.240 e. The molecule has 0 amide bonds. The van der Waals surface area contributed by atoms with Crippen LogP contribution in [0.25, 0.3) is 0 Å². The Morgan fingerprint density at radius 2 is 1.95 bits per heavy atom. The fourth-order valence-corrected chi connectivity index (χ4v) is 4.36. The van der Waals surface area contributed by atoms with Gasteiger partial charge < -0.3 is 5.73 Å². The van der Waals surface area contributed by atoms with Crippen LogP contribution in [0.4, 0.5) is 5.69 Å². The number of nitrogen functional groups attached to an aromatic ring is 1. The summed E-state index contributed by atoms with van der Waals surface area (Å²) >= 11 is 8.21. The molecule has 0 radical (unpaired) electrons. The number of benzene rings is 1. The maximum absolute atomic E-state index is 12.1. The molecule has 0 bridgehead atoms. The van der Waals surface area contributed by atoms with Crippen molar-refractivity contribution >= 4 is 58.9 Å². The van der Waals surface area contributed by atoms with Gasteiger partial charge in [-0.15, -0.1) is 11.3 Å². The van der Waals surface area contributed by atoms with Gasteiger partial charge >= 0.3 is 0 Å². The Morgan fingerprint density at radius 3 is 2.55 bits per heavy atom. The number of anilines is 1. The third-order valence-electron chi connectivity index (χ3n) is 2.57. The second-order valence-electron chi connectivity index (χ2n) is 4.04. The van der Waals surface area contributed by atoms with E-state index < -0.39 is 10.0 Å². The molecule has 0 atom stereocenters. The summed E-state index contributed by atoms with van der Waals surface area (Å²) in [6, 6.07) is 8.50. The highest BCUT2D eigenvalue weighted by molar-refractivity contribution is 9.11. The number of sulfonamides is 1. The SMILES string of the molecule is Nc1cc(S(=O)(=O)NCCc2ccc(Br)s2)ccc1Br. The Hall–Kier alpha value is -0.410. The predicted octanol–water partition coefficient (Wildman–Crippen LogP) is 3.38. The van der Waals surface area contributed by atoms with Crippen LogP contribution in [-0.4, -0.2) is 15.0 Å². The number of hydrogen-bond acceptors (Lipinski definition) is 4. The van der Waals surface area contributed by atoms with E-state index in [1.54, 1.807) is 17.4 Å². The molecule has 0 fully saturated rings. The van der Waals surface area contributed by atoms with Crippen molar-refractivity contribution in [3.63, 3.8) is 0 Å². The van der Waals surface area contributed by atoms with Gasteiger partial charge in [0.1, 0.15) is 0 Å². The van der Waals surface area contributed by atoms with E-state index in [1.165, 1.54) is 12.1 Å². The maximum atomic E-state index is 12.1. The van der Waals surface area contributed by atoms with Crippen molar-refractivity contribution < 1.29 is 8.42 Å². The molecular formula is C12H12Br2N2O2S2. The van der Waals surface area contributed by atoms with E-state index in [1.807, 2.05) is 12.1 Å². The van der Waals surface area contributed by atoms with Crippen molar-refractivity contribution in [2.45, 2.75) is 11.3 Å². The molecule has 2 aromatic rings. The zero-order valence-electron chi connectivity index (χ0n) is 10.3. The van der Waals surface area contributed by atoms with Crippen LogP contribution in [0.2, 0.25) is 0 Å². The first-order valence-corrected chi connectivity index (χ1v) is 9.56. The first-order chi connectivity index (χ1) is 9.38. The predicted molar refractivity (Wildman–Crippen MR) is 89.5 cm³/mol. The molecule has 3 N–H and O–H groups in total. The number of nitrogens with one attached hydrogen (secondary N) is 1. The van der Waals surface area contributed by atoms with E-state index >= 15 is 0 Å². The molecular weight excluding hydrogens is 428 g/mol. The standard InChI is InChI=1S/C12H12Br2N2O2S2/c13-10-3-2-9(7-11(10)15)20(17,18)16-6-5-8-1-4-12(14)19-8/h1-4,7,16H,5-6,15H2. The Labute approximate surface area is 138 Å². The van der Waals surface area contributed by atoms with E-state index in [2.05, 4.69) is 36.6 Å². The van der Waals surface area contributed by atoms with Crippen molar-refractivity contribution in [3.05, 3.63) is 43.5 Å². The van der Waals surface area contributed by atoms with Gasteiger partial charge in [0.15, 0.2) is 0 Å². The van der Waals surface area contributed by atoms with E-state index in [0.29, 0.717) is 23.1 Å². The van der Waals surface area contributed by atoms with E-state index in [9.17, 15) is 8.42 Å². The van der Waals surface area contributed by atoms with Crippen molar-refractivity contribution in [3.8, 4) is 0 Å². The molecule has 4 nitrogen and oxygen atoms in total. The quantitative estimate of drug-likeness (QED) is 0.701. The topological polar surface area (TPSA) is 72.2 Å². The van der Waals surface area contributed by atoms with Crippen molar-refractivity contribution in [2.24, 2.45) is 0 Å². The second-order valence-corrected chi connectivity index (χ2v) is 9.21. The first kappa shape index (κ1) is 16.0. The summed E-state index contributed by atoms with van der Waals surface area (Å²) in [5.74, 6) is 0. The highest BCUT2D eigenvalue weighted by Crippen LogP contribution is 2.23. The molecule has 0 spiro atoms. The Kier molecular flexibility index (Phi) is 5.25. The number of hydrogen-bond donors (Lipinski definition) is 2. The van der Waals surface area contributed by atoms with Crippen LogP contribution in [-0.2, 0) is 16.4 Å². The van der Waals surface area contributed by atoms with Crippen LogP contribution >= 0.6 is 43.2 Å². The molecule has 0 aliphatic heterocycles. The molecule has 2 rings (SSSR count). The minimum atomic E-state index is -3.52. The number of nitrogens with two attached hydrogens (primary N) is 1. The summed E-state index contributed by atoms with van der Waals surface area (Å²) in [5, 5.41) is 0. The molecule has 0 saturated carbocycles. The average molecular weight is 440 g/mol. The van der Waals surface area contributed by atoms with Gasteiger partial charge in [-0.2, -0.15) is 0 Å². The molecule has 0 saturated heterocycles. The lowest BCUT2D eigenvalue weighted by atomic mass is 10.3. The van der Waals surface area contributed by atoms with Crippen LogP contribution in [0.5, 0.6) is 0 Å². The fraction of sp³-hybridized carbons (Fsp3) is 0.167. The lowest BCUT2D eigenvalue weighted by Gasteiger charge is -2.07. The van der Waals surface area contributed by atoms with Gasteiger partial charge in [0.2, 0.25) is 10.0 Å². The van der Waals surface area contributed by atoms with Gasteiger partial charge in [-0.25, -0.2) is 13.1 Å². The van der Waals surface area contributed by atoms with Crippen LogP contribution in [0.1, 0.15) is 4.88 Å². The monoisotopic (exact) mass is 438 g/mol. The minimum Gasteiger partial charge on any atom is -0.398 e. The summed E-state index contributed by atoms with van der Waals surface area (Å²) in [7, 11) is -3.52. The molecule has 0 aliphatic carbocycles. The summed E-state index contributed by atoms with van der Waals surface area (Å²) in [4.78, 5) is 1.29. The summed E-state index contributed by atoms with van der Waals surface area (Å²) < 4.78 is 28.5. The van der Waals surface area contributed by atoms with Gasteiger partial charge in [-0.3, -0.25) is 0 Å². The Balaban J connectivity index is 2.02. The third kappa shape index (κ3) is 4.05. The van der Waals surface area contributed by atoms with Gasteiger partial charge in [0, 0.05) is 21.6 Å². The number of halogens is 2. The van der Waals surface area contributed by atoms with Gasteiger partial charge in [0.05, 0.1) is 8.68 Å². The zero-order valence-corrected chi connectivity index (χ0v) is 15.1. The second kappa shape index (κ2) is 6.57.